The first-order valence-corrected chi connectivity index (χ1v) is 8.47. The van der Waals surface area contributed by atoms with Gasteiger partial charge in [-0.2, -0.15) is 0 Å². The lowest BCUT2D eigenvalue weighted by atomic mass is 10.1. The molecule has 124 valence electrons. The summed E-state index contributed by atoms with van der Waals surface area (Å²) in [5.74, 6) is 7.01. The van der Waals surface area contributed by atoms with Crippen molar-refractivity contribution in [1.82, 2.24) is 0 Å². The van der Waals surface area contributed by atoms with Crippen molar-refractivity contribution in [2.45, 2.75) is 39.5 Å². The highest BCUT2D eigenvalue weighted by Crippen LogP contribution is 2.12. The van der Waals surface area contributed by atoms with Gasteiger partial charge in [0.05, 0.1) is 0 Å². The molecule has 0 heterocycles. The number of hydrogen-bond donors (Lipinski definition) is 0. The Morgan fingerprint density at radius 2 is 1.50 bits per heavy atom. The highest BCUT2D eigenvalue weighted by molar-refractivity contribution is 5.44. The van der Waals surface area contributed by atoms with Gasteiger partial charge in [-0.3, -0.25) is 9.78 Å². The van der Waals surface area contributed by atoms with E-state index < -0.39 is 0 Å². The Bertz CT molecular complexity index is 685. The smallest absolute Gasteiger partial charge is 0.178 e. The highest BCUT2D eigenvalue weighted by atomic mass is 17.2. The zero-order valence-corrected chi connectivity index (χ0v) is 14.4. The summed E-state index contributed by atoms with van der Waals surface area (Å²) in [6.07, 6.45) is 8.20. The van der Waals surface area contributed by atoms with Crippen molar-refractivity contribution < 1.29 is 9.78 Å². The van der Waals surface area contributed by atoms with Crippen LogP contribution in [0.3, 0.4) is 0 Å². The second kappa shape index (κ2) is 10.2. The molecule has 2 heteroatoms. The van der Waals surface area contributed by atoms with E-state index in [1.807, 2.05) is 31.2 Å². The van der Waals surface area contributed by atoms with Crippen LogP contribution in [-0.4, -0.2) is 0 Å². The Balaban J connectivity index is 1.91. The van der Waals surface area contributed by atoms with Crippen LogP contribution in [-0.2, 0) is 11.3 Å². The van der Waals surface area contributed by atoms with E-state index in [4.69, 9.17) is 9.78 Å². The minimum absolute atomic E-state index is 0.648. The molecule has 0 aliphatic carbocycles. The minimum atomic E-state index is 0.648. The SMILES string of the molecule is CC=COOc1ccc(C#Cc2ccc(CCCCC)cc2)cc1. The third-order valence-electron chi connectivity index (χ3n) is 3.56. The molecule has 2 nitrogen and oxygen atoms in total. The van der Waals surface area contributed by atoms with Crippen LogP contribution in [0.2, 0.25) is 0 Å². The molecule has 0 fully saturated rings. The van der Waals surface area contributed by atoms with E-state index in [-0.39, 0.29) is 0 Å². The van der Waals surface area contributed by atoms with Crippen molar-refractivity contribution >= 4 is 0 Å². The number of allylic oxidation sites excluding steroid dienone is 1. The van der Waals surface area contributed by atoms with Crippen LogP contribution in [0, 0.1) is 11.8 Å². The molecular weight excluding hydrogens is 296 g/mol. The molecular formula is C22H24O2. The van der Waals surface area contributed by atoms with Crippen LogP contribution in [0.4, 0.5) is 0 Å². The quantitative estimate of drug-likeness (QED) is 0.215. The average Bonchev–Trinajstić information content (AvgIpc) is 2.63. The predicted octanol–water partition coefficient (Wildman–Crippen LogP) is 5.66. The van der Waals surface area contributed by atoms with Gasteiger partial charge < -0.3 is 0 Å². The fraction of sp³-hybridized carbons (Fsp3) is 0.273. The zero-order chi connectivity index (χ0) is 17.0. The minimum Gasteiger partial charge on any atom is -0.298 e. The van der Waals surface area contributed by atoms with E-state index >= 15 is 0 Å². The molecule has 0 atom stereocenters. The normalized spacial score (nSPS) is 10.2. The summed E-state index contributed by atoms with van der Waals surface area (Å²) in [4.78, 5) is 9.95. The summed E-state index contributed by atoms with van der Waals surface area (Å²) in [7, 11) is 0. The maximum absolute atomic E-state index is 5.08. The molecule has 0 bridgehead atoms. The first-order valence-electron chi connectivity index (χ1n) is 8.47. The summed E-state index contributed by atoms with van der Waals surface area (Å²) in [6.45, 7) is 4.09. The van der Waals surface area contributed by atoms with Crippen LogP contribution in [0.15, 0.2) is 60.9 Å². The Morgan fingerprint density at radius 3 is 2.08 bits per heavy atom. The number of unbranched alkanes of at least 4 members (excludes halogenated alkanes) is 2. The van der Waals surface area contributed by atoms with Gasteiger partial charge in [0.1, 0.15) is 6.26 Å². The van der Waals surface area contributed by atoms with Crippen LogP contribution < -0.4 is 4.89 Å². The van der Waals surface area contributed by atoms with Crippen molar-refractivity contribution in [3.05, 3.63) is 77.6 Å². The van der Waals surface area contributed by atoms with Crippen LogP contribution >= 0.6 is 0 Å². The van der Waals surface area contributed by atoms with Gasteiger partial charge in [0.15, 0.2) is 5.75 Å². The van der Waals surface area contributed by atoms with Gasteiger partial charge in [-0.15, -0.1) is 0 Å². The Kier molecular flexibility index (Phi) is 7.50. The molecule has 0 radical (unpaired) electrons. The highest BCUT2D eigenvalue weighted by Gasteiger charge is 1.95. The van der Waals surface area contributed by atoms with Crippen molar-refractivity contribution in [2.75, 3.05) is 0 Å². The molecule has 2 rings (SSSR count). The van der Waals surface area contributed by atoms with Crippen LogP contribution in [0.1, 0.15) is 49.8 Å². The van der Waals surface area contributed by atoms with Gasteiger partial charge in [0, 0.05) is 11.1 Å². The molecule has 0 N–H and O–H groups in total. The molecule has 0 saturated carbocycles. The third kappa shape index (κ3) is 6.22. The lowest BCUT2D eigenvalue weighted by Gasteiger charge is -2.01. The Morgan fingerprint density at radius 1 is 0.875 bits per heavy atom. The molecule has 0 spiro atoms. The average molecular weight is 320 g/mol. The molecule has 0 aromatic heterocycles. The number of aryl methyl sites for hydroxylation is 1. The van der Waals surface area contributed by atoms with Gasteiger partial charge in [-0.1, -0.05) is 43.7 Å². The molecule has 2 aromatic carbocycles. The first kappa shape index (κ1) is 17.7. The largest absolute Gasteiger partial charge is 0.298 e. The van der Waals surface area contributed by atoms with Crippen molar-refractivity contribution in [3.63, 3.8) is 0 Å². The summed E-state index contributed by atoms with van der Waals surface area (Å²) >= 11 is 0. The maximum atomic E-state index is 5.08. The van der Waals surface area contributed by atoms with Gasteiger partial charge in [-0.05, 0) is 67.8 Å². The van der Waals surface area contributed by atoms with Gasteiger partial charge in [-0.25, -0.2) is 0 Å². The van der Waals surface area contributed by atoms with Crippen molar-refractivity contribution in [3.8, 4) is 17.6 Å². The van der Waals surface area contributed by atoms with E-state index in [1.54, 1.807) is 6.08 Å². The number of benzene rings is 2. The fourth-order valence-corrected chi connectivity index (χ4v) is 2.21. The summed E-state index contributed by atoms with van der Waals surface area (Å²) in [6, 6.07) is 16.0. The van der Waals surface area contributed by atoms with E-state index in [2.05, 4.69) is 43.0 Å². The molecule has 2 aromatic rings. The standard InChI is InChI=1S/C22H24O2/c1-3-5-6-7-19-8-10-20(11-9-19)12-13-21-14-16-22(17-15-21)24-23-18-4-2/h4,8-11,14-18H,3,5-7H2,1-2H3. The van der Waals surface area contributed by atoms with Gasteiger partial charge >= 0.3 is 0 Å². The summed E-state index contributed by atoms with van der Waals surface area (Å²) in [5.41, 5.74) is 3.36. The summed E-state index contributed by atoms with van der Waals surface area (Å²) in [5, 5.41) is 0. The van der Waals surface area contributed by atoms with Crippen LogP contribution in [0.25, 0.3) is 0 Å². The number of hydrogen-bond acceptors (Lipinski definition) is 2. The van der Waals surface area contributed by atoms with E-state index in [1.165, 1.54) is 31.1 Å². The number of rotatable bonds is 7. The second-order valence-corrected chi connectivity index (χ2v) is 5.58. The molecule has 0 aliphatic rings. The Labute approximate surface area is 145 Å². The van der Waals surface area contributed by atoms with E-state index in [9.17, 15) is 0 Å². The zero-order valence-electron chi connectivity index (χ0n) is 14.4. The molecule has 0 aliphatic heterocycles. The van der Waals surface area contributed by atoms with Gasteiger partial charge in [0.25, 0.3) is 0 Å². The fourth-order valence-electron chi connectivity index (χ4n) is 2.21. The summed E-state index contributed by atoms with van der Waals surface area (Å²) < 4.78 is 0. The molecule has 0 saturated heterocycles. The lowest BCUT2D eigenvalue weighted by molar-refractivity contribution is -0.149. The lowest BCUT2D eigenvalue weighted by Crippen LogP contribution is -1.89. The van der Waals surface area contributed by atoms with Gasteiger partial charge in [0.2, 0.25) is 0 Å². The topological polar surface area (TPSA) is 18.5 Å². The van der Waals surface area contributed by atoms with Crippen LogP contribution in [0.5, 0.6) is 5.75 Å². The van der Waals surface area contributed by atoms with Crippen molar-refractivity contribution in [1.29, 1.82) is 0 Å². The van der Waals surface area contributed by atoms with E-state index in [0.29, 0.717) is 5.75 Å². The van der Waals surface area contributed by atoms with Crippen molar-refractivity contribution in [2.24, 2.45) is 0 Å². The maximum Gasteiger partial charge on any atom is 0.178 e. The third-order valence-corrected chi connectivity index (χ3v) is 3.56. The second-order valence-electron chi connectivity index (χ2n) is 5.58. The monoisotopic (exact) mass is 320 g/mol. The molecule has 0 unspecified atom stereocenters. The molecule has 0 amide bonds. The first-order chi connectivity index (χ1) is 11.8. The molecule has 24 heavy (non-hydrogen) atoms. The predicted molar refractivity (Wildman–Crippen MR) is 98.6 cm³/mol. The van der Waals surface area contributed by atoms with E-state index in [0.717, 1.165) is 17.5 Å². The Hall–Kier alpha value is -2.66.